The van der Waals surface area contributed by atoms with Gasteiger partial charge in [-0.3, -0.25) is 0 Å². The molecule has 1 aromatic carbocycles. The fraction of sp³-hybridized carbons (Fsp3) is 0.565. The molecular weight excluding hydrogens is 364 g/mol. The van der Waals surface area contributed by atoms with Crippen molar-refractivity contribution in [2.45, 2.75) is 64.6 Å². The van der Waals surface area contributed by atoms with Crippen LogP contribution in [0.3, 0.4) is 0 Å². The lowest BCUT2D eigenvalue weighted by molar-refractivity contribution is 0.199. The molecule has 1 aromatic heterocycles. The summed E-state index contributed by atoms with van der Waals surface area (Å²) in [6.45, 7) is 7.74. The van der Waals surface area contributed by atoms with E-state index in [4.69, 9.17) is 9.97 Å². The van der Waals surface area contributed by atoms with E-state index in [2.05, 4.69) is 42.3 Å². The van der Waals surface area contributed by atoms with Crippen LogP contribution in [0.25, 0.3) is 0 Å². The Morgan fingerprint density at radius 2 is 1.93 bits per heavy atom. The van der Waals surface area contributed by atoms with Crippen LogP contribution in [-0.4, -0.2) is 39.4 Å². The van der Waals surface area contributed by atoms with Gasteiger partial charge >= 0.3 is 0 Å². The van der Waals surface area contributed by atoms with Crippen molar-refractivity contribution in [3.8, 4) is 0 Å². The summed E-state index contributed by atoms with van der Waals surface area (Å²) in [7, 11) is 0. The Bertz CT molecular complexity index is 864. The fourth-order valence-electron chi connectivity index (χ4n) is 3.88. The number of aliphatic hydroxyl groups excluding tert-OH is 2. The molecule has 3 N–H and O–H groups in total. The predicted molar refractivity (Wildman–Crippen MR) is 115 cm³/mol. The Morgan fingerprint density at radius 3 is 2.59 bits per heavy atom. The summed E-state index contributed by atoms with van der Waals surface area (Å²) in [6.07, 6.45) is 2.88. The number of benzene rings is 1. The van der Waals surface area contributed by atoms with E-state index in [1.54, 1.807) is 0 Å². The van der Waals surface area contributed by atoms with Crippen molar-refractivity contribution in [1.29, 1.82) is 0 Å². The van der Waals surface area contributed by atoms with Crippen molar-refractivity contribution >= 4 is 11.8 Å². The highest BCUT2D eigenvalue weighted by molar-refractivity contribution is 5.50. The largest absolute Gasteiger partial charge is 0.394 e. The summed E-state index contributed by atoms with van der Waals surface area (Å²) in [4.78, 5) is 11.9. The monoisotopic (exact) mass is 396 g/mol. The van der Waals surface area contributed by atoms with Crippen LogP contribution < -0.4 is 10.2 Å². The predicted octanol–water partition coefficient (Wildman–Crippen LogP) is 3.40. The lowest BCUT2D eigenvalue weighted by Gasteiger charge is -2.31. The number of nitrogens with one attached hydrogen (secondary N) is 1. The van der Waals surface area contributed by atoms with Crippen LogP contribution in [0.4, 0.5) is 11.8 Å². The van der Waals surface area contributed by atoms with Gasteiger partial charge in [0.1, 0.15) is 5.82 Å². The lowest BCUT2D eigenvalue weighted by atomic mass is 9.96. The van der Waals surface area contributed by atoms with Crippen LogP contribution >= 0.6 is 0 Å². The van der Waals surface area contributed by atoms with Crippen molar-refractivity contribution in [2.24, 2.45) is 5.92 Å². The van der Waals surface area contributed by atoms with Crippen molar-refractivity contribution < 1.29 is 10.2 Å². The Labute approximate surface area is 173 Å². The van der Waals surface area contributed by atoms with Crippen LogP contribution in [0.15, 0.2) is 24.3 Å². The van der Waals surface area contributed by atoms with Gasteiger partial charge in [-0.15, -0.1) is 0 Å². The van der Waals surface area contributed by atoms with Crippen LogP contribution in [-0.2, 0) is 13.0 Å². The number of aliphatic hydroxyl groups is 2. The second kappa shape index (κ2) is 8.28. The zero-order valence-electron chi connectivity index (χ0n) is 17.6. The molecule has 1 saturated carbocycles. The topological polar surface area (TPSA) is 81.5 Å². The summed E-state index contributed by atoms with van der Waals surface area (Å²) in [5, 5.41) is 22.9. The molecule has 2 aliphatic rings. The van der Waals surface area contributed by atoms with E-state index in [0.717, 1.165) is 36.6 Å². The number of nitrogens with zero attached hydrogens (tertiary/aromatic N) is 3. The summed E-state index contributed by atoms with van der Waals surface area (Å²) in [5.74, 6) is 2.40. The van der Waals surface area contributed by atoms with E-state index in [9.17, 15) is 10.2 Å². The molecule has 1 aliphatic carbocycles. The molecule has 156 valence electrons. The van der Waals surface area contributed by atoms with E-state index in [-0.39, 0.29) is 12.6 Å². The molecule has 0 spiro atoms. The summed E-state index contributed by atoms with van der Waals surface area (Å²) in [6, 6.07) is 8.37. The van der Waals surface area contributed by atoms with E-state index in [1.807, 2.05) is 13.0 Å². The Kier molecular flexibility index (Phi) is 5.74. The average molecular weight is 397 g/mol. The van der Waals surface area contributed by atoms with Gasteiger partial charge in [-0.05, 0) is 48.8 Å². The van der Waals surface area contributed by atoms with Gasteiger partial charge < -0.3 is 20.4 Å². The SMILES string of the molecule is CC(C)[C@H](CO)Nc1nc(C2CC2)cc(N2CCc3cc([C@@H](C)O)ccc3C2)n1. The highest BCUT2D eigenvalue weighted by Crippen LogP contribution is 2.40. The first kappa shape index (κ1) is 20.1. The van der Waals surface area contributed by atoms with E-state index < -0.39 is 6.10 Å². The van der Waals surface area contributed by atoms with Crippen LogP contribution in [0.1, 0.15) is 68.0 Å². The molecule has 2 atom stereocenters. The third-order valence-corrected chi connectivity index (χ3v) is 6.09. The molecule has 0 bridgehead atoms. The highest BCUT2D eigenvalue weighted by Gasteiger charge is 2.28. The molecular formula is C23H32N4O2. The second-order valence-electron chi connectivity index (χ2n) is 8.80. The maximum absolute atomic E-state index is 9.85. The van der Waals surface area contributed by atoms with Crippen LogP contribution in [0.5, 0.6) is 0 Å². The quantitative estimate of drug-likeness (QED) is 0.666. The van der Waals surface area contributed by atoms with E-state index in [1.165, 1.54) is 24.0 Å². The van der Waals surface area contributed by atoms with Gasteiger partial charge in [0.15, 0.2) is 0 Å². The summed E-state index contributed by atoms with van der Waals surface area (Å²) >= 11 is 0. The van der Waals surface area contributed by atoms with Gasteiger partial charge in [0.25, 0.3) is 0 Å². The molecule has 0 amide bonds. The molecule has 2 aromatic rings. The average Bonchev–Trinajstić information content (AvgIpc) is 3.56. The molecule has 0 saturated heterocycles. The maximum Gasteiger partial charge on any atom is 0.225 e. The van der Waals surface area contributed by atoms with E-state index in [0.29, 0.717) is 17.8 Å². The van der Waals surface area contributed by atoms with Crippen LogP contribution in [0, 0.1) is 5.92 Å². The normalized spacial score (nSPS) is 18.5. The first-order valence-corrected chi connectivity index (χ1v) is 10.8. The van der Waals surface area contributed by atoms with Crippen LogP contribution in [0.2, 0.25) is 0 Å². The molecule has 6 nitrogen and oxygen atoms in total. The third kappa shape index (κ3) is 4.54. The van der Waals surface area contributed by atoms with Gasteiger partial charge in [-0.2, -0.15) is 4.98 Å². The Morgan fingerprint density at radius 1 is 1.14 bits per heavy atom. The molecule has 4 rings (SSSR count). The smallest absolute Gasteiger partial charge is 0.225 e. The van der Waals surface area contributed by atoms with Crippen molar-refractivity contribution in [1.82, 2.24) is 9.97 Å². The van der Waals surface area contributed by atoms with Gasteiger partial charge in [0.05, 0.1) is 24.4 Å². The van der Waals surface area contributed by atoms with Crippen molar-refractivity contribution in [3.63, 3.8) is 0 Å². The second-order valence-corrected chi connectivity index (χ2v) is 8.80. The van der Waals surface area contributed by atoms with Gasteiger partial charge in [-0.1, -0.05) is 32.0 Å². The Hall–Kier alpha value is -2.18. The van der Waals surface area contributed by atoms with Gasteiger partial charge in [0, 0.05) is 25.1 Å². The molecule has 1 aliphatic heterocycles. The highest BCUT2D eigenvalue weighted by atomic mass is 16.3. The number of hydrogen-bond donors (Lipinski definition) is 3. The van der Waals surface area contributed by atoms with E-state index >= 15 is 0 Å². The lowest BCUT2D eigenvalue weighted by Crippen LogP contribution is -2.33. The first-order chi connectivity index (χ1) is 13.9. The molecule has 1 fully saturated rings. The first-order valence-electron chi connectivity index (χ1n) is 10.8. The number of hydrogen-bond acceptors (Lipinski definition) is 6. The Balaban J connectivity index is 1.59. The maximum atomic E-state index is 9.85. The van der Waals surface area contributed by atoms with Crippen molar-refractivity contribution in [2.75, 3.05) is 23.4 Å². The minimum Gasteiger partial charge on any atom is -0.394 e. The molecule has 0 radical (unpaired) electrons. The molecule has 6 heteroatoms. The van der Waals surface area contributed by atoms with Gasteiger partial charge in [0.2, 0.25) is 5.95 Å². The minimum absolute atomic E-state index is 0.0572. The number of anilines is 2. The molecule has 2 heterocycles. The fourth-order valence-corrected chi connectivity index (χ4v) is 3.88. The zero-order valence-corrected chi connectivity index (χ0v) is 17.6. The van der Waals surface area contributed by atoms with Gasteiger partial charge in [-0.25, -0.2) is 4.98 Å². The van der Waals surface area contributed by atoms with Crippen molar-refractivity contribution in [3.05, 3.63) is 46.6 Å². The summed E-state index contributed by atoms with van der Waals surface area (Å²) in [5.41, 5.74) is 4.69. The number of rotatable bonds is 7. The minimum atomic E-state index is -0.435. The number of aromatic nitrogens is 2. The standard InChI is InChI=1S/C23H32N4O2/c1-14(2)21(13-28)25-23-24-20(16-4-5-16)11-22(26-23)27-9-8-18-10-17(15(3)29)6-7-19(18)12-27/h6-7,10-11,14-16,21,28-29H,4-5,8-9,12-13H2,1-3H3,(H,24,25,26)/t15-,21+/m1/s1. The zero-order chi connectivity index (χ0) is 20.5. The molecule has 0 unspecified atom stereocenters. The summed E-state index contributed by atoms with van der Waals surface area (Å²) < 4.78 is 0. The third-order valence-electron chi connectivity index (χ3n) is 6.09. The molecule has 29 heavy (non-hydrogen) atoms. The number of fused-ring (bicyclic) bond motifs is 1.